The van der Waals surface area contributed by atoms with Crippen molar-refractivity contribution in [2.45, 2.75) is 13.0 Å². The molecular formula is C9H16N2O2. The number of ether oxygens (including phenoxy) is 1. The van der Waals surface area contributed by atoms with E-state index in [1.54, 1.807) is 4.90 Å². The Hall–Kier alpha value is -0.770. The smallest absolute Gasteiger partial charge is 0.317 e. The van der Waals surface area contributed by atoms with E-state index in [0.29, 0.717) is 17.9 Å². The maximum absolute atomic E-state index is 11.4. The molecule has 1 N–H and O–H groups in total. The quantitative estimate of drug-likeness (QED) is 0.670. The molecule has 0 spiro atoms. The number of urea groups is 1. The van der Waals surface area contributed by atoms with Gasteiger partial charge in [-0.1, -0.05) is 0 Å². The molecule has 1 saturated carbocycles. The predicted molar refractivity (Wildman–Crippen MR) is 48.4 cm³/mol. The molecule has 2 atom stereocenters. The predicted octanol–water partition coefficient (Wildman–Crippen LogP) is 0.292. The van der Waals surface area contributed by atoms with Gasteiger partial charge in [0.2, 0.25) is 0 Å². The summed E-state index contributed by atoms with van der Waals surface area (Å²) < 4.78 is 5.24. The summed E-state index contributed by atoms with van der Waals surface area (Å²) in [5.74, 6) is 1.18. The Morgan fingerprint density at radius 1 is 1.54 bits per heavy atom. The van der Waals surface area contributed by atoms with Gasteiger partial charge in [-0.05, 0) is 6.92 Å². The third kappa shape index (κ3) is 1.50. The lowest BCUT2D eigenvalue weighted by molar-refractivity contribution is 0.154. The Morgan fingerprint density at radius 2 is 2.15 bits per heavy atom. The molecule has 4 heteroatoms. The first-order valence-electron chi connectivity index (χ1n) is 4.83. The molecule has 0 aromatic carbocycles. The number of hydrogen-bond acceptors (Lipinski definition) is 2. The van der Waals surface area contributed by atoms with Gasteiger partial charge < -0.3 is 15.0 Å². The molecule has 74 valence electrons. The number of nitrogens with zero attached hydrogens (tertiary/aromatic N) is 1. The fourth-order valence-corrected chi connectivity index (χ4v) is 1.85. The molecule has 0 radical (unpaired) electrons. The van der Waals surface area contributed by atoms with Crippen LogP contribution in [0.2, 0.25) is 0 Å². The number of rotatable bonds is 2. The number of amides is 2. The summed E-state index contributed by atoms with van der Waals surface area (Å²) in [6.07, 6.45) is 0. The van der Waals surface area contributed by atoms with Crippen LogP contribution >= 0.6 is 0 Å². The fourth-order valence-electron chi connectivity index (χ4n) is 1.85. The van der Waals surface area contributed by atoms with Crippen LogP contribution in [0.1, 0.15) is 6.92 Å². The summed E-state index contributed by atoms with van der Waals surface area (Å²) in [5, 5.41) is 3.01. The normalized spacial score (nSPS) is 35.4. The number of carbonyl (C=O) groups excluding carboxylic acids is 1. The Labute approximate surface area is 78.2 Å². The van der Waals surface area contributed by atoms with Crippen LogP contribution in [0.5, 0.6) is 0 Å². The van der Waals surface area contributed by atoms with Gasteiger partial charge in [0.15, 0.2) is 0 Å². The van der Waals surface area contributed by atoms with Crippen molar-refractivity contribution in [2.24, 2.45) is 11.8 Å². The maximum Gasteiger partial charge on any atom is 0.317 e. The average Bonchev–Trinajstić information content (AvgIpc) is 2.63. The van der Waals surface area contributed by atoms with E-state index < -0.39 is 0 Å². The summed E-state index contributed by atoms with van der Waals surface area (Å²) >= 11 is 0. The molecule has 0 bridgehead atoms. The van der Waals surface area contributed by atoms with Gasteiger partial charge in [-0.15, -0.1) is 0 Å². The van der Waals surface area contributed by atoms with Crippen molar-refractivity contribution < 1.29 is 9.53 Å². The lowest BCUT2D eigenvalue weighted by atomic mass is 10.4. The van der Waals surface area contributed by atoms with Crippen LogP contribution in [0.15, 0.2) is 0 Å². The molecule has 0 unspecified atom stereocenters. The van der Waals surface area contributed by atoms with E-state index in [4.69, 9.17) is 4.74 Å². The molecule has 2 rings (SSSR count). The van der Waals surface area contributed by atoms with E-state index in [9.17, 15) is 4.79 Å². The highest BCUT2D eigenvalue weighted by Gasteiger charge is 2.54. The van der Waals surface area contributed by atoms with Gasteiger partial charge >= 0.3 is 6.03 Å². The first-order valence-corrected chi connectivity index (χ1v) is 4.83. The Bertz CT molecular complexity index is 210. The minimum atomic E-state index is 0.0434. The van der Waals surface area contributed by atoms with Crippen molar-refractivity contribution in [2.75, 3.05) is 26.8 Å². The summed E-state index contributed by atoms with van der Waals surface area (Å²) in [7, 11) is 1.81. The van der Waals surface area contributed by atoms with Crippen LogP contribution in [-0.4, -0.2) is 43.8 Å². The molecular weight excluding hydrogens is 168 g/mol. The van der Waals surface area contributed by atoms with Crippen LogP contribution in [0, 0.1) is 11.8 Å². The first kappa shape index (κ1) is 8.81. The second-order valence-corrected chi connectivity index (χ2v) is 3.85. The summed E-state index contributed by atoms with van der Waals surface area (Å²) in [6.45, 7) is 4.37. The number of nitrogens with one attached hydrogen (secondary N) is 1. The van der Waals surface area contributed by atoms with Gasteiger partial charge in [-0.25, -0.2) is 4.79 Å². The van der Waals surface area contributed by atoms with Crippen molar-refractivity contribution in [3.63, 3.8) is 0 Å². The third-order valence-electron chi connectivity index (χ3n) is 3.06. The average molecular weight is 184 g/mol. The minimum absolute atomic E-state index is 0.0434. The van der Waals surface area contributed by atoms with Gasteiger partial charge in [0.05, 0.1) is 13.2 Å². The highest BCUT2D eigenvalue weighted by atomic mass is 16.5. The van der Waals surface area contributed by atoms with E-state index in [1.165, 1.54) is 0 Å². The standard InChI is InChI=1S/C9H16N2O2/c1-3-11(2)9(12)10-8-6-4-13-5-7(6)8/h6-8H,3-5H2,1-2H3,(H,10,12)/t6-,7-/m0/s1. The van der Waals surface area contributed by atoms with Crippen LogP contribution in [0.25, 0.3) is 0 Å². The molecule has 13 heavy (non-hydrogen) atoms. The van der Waals surface area contributed by atoms with Crippen molar-refractivity contribution in [3.8, 4) is 0 Å². The maximum atomic E-state index is 11.4. The van der Waals surface area contributed by atoms with E-state index >= 15 is 0 Å². The summed E-state index contributed by atoms with van der Waals surface area (Å²) in [4.78, 5) is 13.1. The number of carbonyl (C=O) groups is 1. The Kier molecular flexibility index (Phi) is 2.15. The molecule has 0 aromatic rings. The number of fused-ring (bicyclic) bond motifs is 1. The van der Waals surface area contributed by atoms with E-state index in [2.05, 4.69) is 5.32 Å². The SMILES string of the molecule is CCN(C)C(=O)NC1[C@H]2COC[C@H]12. The molecule has 0 aromatic heterocycles. The molecule has 1 saturated heterocycles. The lowest BCUT2D eigenvalue weighted by Crippen LogP contribution is -2.40. The van der Waals surface area contributed by atoms with E-state index in [1.807, 2.05) is 14.0 Å². The van der Waals surface area contributed by atoms with Crippen molar-refractivity contribution in [1.29, 1.82) is 0 Å². The van der Waals surface area contributed by atoms with Crippen LogP contribution in [-0.2, 0) is 4.74 Å². The zero-order valence-corrected chi connectivity index (χ0v) is 8.12. The van der Waals surface area contributed by atoms with Crippen LogP contribution in [0.3, 0.4) is 0 Å². The second kappa shape index (κ2) is 3.18. The number of hydrogen-bond donors (Lipinski definition) is 1. The highest BCUT2D eigenvalue weighted by molar-refractivity contribution is 5.74. The minimum Gasteiger partial charge on any atom is -0.381 e. The van der Waals surface area contributed by atoms with E-state index in [-0.39, 0.29) is 6.03 Å². The Balaban J connectivity index is 1.77. The third-order valence-corrected chi connectivity index (χ3v) is 3.06. The second-order valence-electron chi connectivity index (χ2n) is 3.85. The first-order chi connectivity index (χ1) is 6.24. The van der Waals surface area contributed by atoms with Gasteiger partial charge in [0, 0.05) is 31.5 Å². The molecule has 2 amide bonds. The van der Waals surface area contributed by atoms with Gasteiger partial charge in [0.25, 0.3) is 0 Å². The van der Waals surface area contributed by atoms with E-state index in [0.717, 1.165) is 19.8 Å². The highest BCUT2D eigenvalue weighted by Crippen LogP contribution is 2.44. The zero-order chi connectivity index (χ0) is 9.42. The zero-order valence-electron chi connectivity index (χ0n) is 8.12. The molecule has 2 fully saturated rings. The monoisotopic (exact) mass is 184 g/mol. The summed E-state index contributed by atoms with van der Waals surface area (Å²) in [6, 6.07) is 0.428. The fraction of sp³-hybridized carbons (Fsp3) is 0.889. The molecule has 2 aliphatic rings. The van der Waals surface area contributed by atoms with Gasteiger partial charge in [-0.2, -0.15) is 0 Å². The largest absolute Gasteiger partial charge is 0.381 e. The summed E-state index contributed by atoms with van der Waals surface area (Å²) in [5.41, 5.74) is 0. The van der Waals surface area contributed by atoms with Crippen LogP contribution < -0.4 is 5.32 Å². The van der Waals surface area contributed by atoms with Gasteiger partial charge in [-0.3, -0.25) is 0 Å². The molecule has 1 heterocycles. The van der Waals surface area contributed by atoms with Crippen LogP contribution in [0.4, 0.5) is 4.79 Å². The molecule has 4 nitrogen and oxygen atoms in total. The topological polar surface area (TPSA) is 41.6 Å². The van der Waals surface area contributed by atoms with Crippen molar-refractivity contribution in [1.82, 2.24) is 10.2 Å². The van der Waals surface area contributed by atoms with Crippen molar-refractivity contribution in [3.05, 3.63) is 0 Å². The van der Waals surface area contributed by atoms with Crippen molar-refractivity contribution >= 4 is 6.03 Å². The molecule has 1 aliphatic carbocycles. The Morgan fingerprint density at radius 3 is 2.69 bits per heavy atom. The lowest BCUT2D eigenvalue weighted by Gasteiger charge is -2.16. The van der Waals surface area contributed by atoms with Gasteiger partial charge in [0.1, 0.15) is 0 Å². The molecule has 1 aliphatic heterocycles.